The maximum absolute atomic E-state index is 12.2. The molecule has 0 unspecified atom stereocenters. The van der Waals surface area contributed by atoms with Crippen molar-refractivity contribution >= 4 is 10.9 Å². The molecule has 0 aliphatic heterocycles. The molecule has 2 aromatic heterocycles. The molecule has 3 aromatic rings. The number of aromatic nitrogens is 2. The van der Waals surface area contributed by atoms with Crippen LogP contribution in [0, 0.1) is 25.2 Å². The van der Waals surface area contributed by atoms with Gasteiger partial charge in [0, 0.05) is 17.1 Å². The van der Waals surface area contributed by atoms with Crippen molar-refractivity contribution in [1.29, 1.82) is 5.26 Å². The van der Waals surface area contributed by atoms with Crippen molar-refractivity contribution in [3.63, 3.8) is 0 Å². The summed E-state index contributed by atoms with van der Waals surface area (Å²) >= 11 is 0. The zero-order valence-corrected chi connectivity index (χ0v) is 11.8. The van der Waals surface area contributed by atoms with E-state index in [1.54, 1.807) is 18.3 Å². The van der Waals surface area contributed by atoms with E-state index in [-0.39, 0.29) is 11.0 Å². The Morgan fingerprint density at radius 3 is 2.76 bits per heavy atom. The van der Waals surface area contributed by atoms with E-state index >= 15 is 0 Å². The average Bonchev–Trinajstić information content (AvgIpc) is 2.82. The van der Waals surface area contributed by atoms with Crippen LogP contribution in [0.4, 0.5) is 0 Å². The minimum absolute atomic E-state index is 0.139. The highest BCUT2D eigenvalue weighted by Crippen LogP contribution is 2.18. The molecule has 3 rings (SSSR count). The maximum Gasteiger partial charge on any atom is 0.207 e. The van der Waals surface area contributed by atoms with Crippen LogP contribution in [0.15, 0.2) is 39.8 Å². The van der Waals surface area contributed by atoms with Crippen LogP contribution >= 0.6 is 0 Å². The summed E-state index contributed by atoms with van der Waals surface area (Å²) in [6, 6.07) is 9.24. The SMILES string of the molecule is Cc1noc(C)c1Cn1cc(C#N)c(=O)c2ccccc21. The molecular weight excluding hydrogens is 266 g/mol. The number of nitriles is 1. The van der Waals surface area contributed by atoms with Crippen LogP contribution in [0.3, 0.4) is 0 Å². The number of hydrogen-bond donors (Lipinski definition) is 0. The number of aryl methyl sites for hydroxylation is 2. The molecule has 0 fully saturated rings. The first kappa shape index (κ1) is 13.1. The lowest BCUT2D eigenvalue weighted by atomic mass is 10.1. The molecule has 5 nitrogen and oxygen atoms in total. The fraction of sp³-hybridized carbons (Fsp3) is 0.188. The number of hydrogen-bond acceptors (Lipinski definition) is 4. The van der Waals surface area contributed by atoms with Gasteiger partial charge in [-0.25, -0.2) is 0 Å². The summed E-state index contributed by atoms with van der Waals surface area (Å²) in [7, 11) is 0. The number of nitrogens with zero attached hydrogens (tertiary/aromatic N) is 3. The van der Waals surface area contributed by atoms with Crippen molar-refractivity contribution in [3.05, 3.63) is 63.3 Å². The molecule has 0 N–H and O–H groups in total. The van der Waals surface area contributed by atoms with Crippen molar-refractivity contribution in [2.75, 3.05) is 0 Å². The fourth-order valence-corrected chi connectivity index (χ4v) is 2.45. The third kappa shape index (κ3) is 2.11. The highest BCUT2D eigenvalue weighted by Gasteiger charge is 2.13. The van der Waals surface area contributed by atoms with E-state index in [4.69, 9.17) is 9.78 Å². The van der Waals surface area contributed by atoms with Gasteiger partial charge in [0.05, 0.1) is 17.8 Å². The fourth-order valence-electron chi connectivity index (χ4n) is 2.45. The Hall–Kier alpha value is -2.87. The van der Waals surface area contributed by atoms with Gasteiger partial charge in [0.15, 0.2) is 0 Å². The van der Waals surface area contributed by atoms with E-state index in [0.717, 1.165) is 22.5 Å². The summed E-state index contributed by atoms with van der Waals surface area (Å²) < 4.78 is 7.06. The largest absolute Gasteiger partial charge is 0.361 e. The summed E-state index contributed by atoms with van der Waals surface area (Å²) in [4.78, 5) is 12.2. The smallest absolute Gasteiger partial charge is 0.207 e. The van der Waals surface area contributed by atoms with Crippen molar-refractivity contribution in [3.8, 4) is 6.07 Å². The Bertz CT molecular complexity index is 909. The Kier molecular flexibility index (Phi) is 3.07. The van der Waals surface area contributed by atoms with Crippen molar-refractivity contribution < 1.29 is 4.52 Å². The van der Waals surface area contributed by atoms with Gasteiger partial charge in [-0.3, -0.25) is 4.79 Å². The van der Waals surface area contributed by atoms with Crippen LogP contribution < -0.4 is 5.43 Å². The monoisotopic (exact) mass is 279 g/mol. The second-order valence-electron chi connectivity index (χ2n) is 4.93. The highest BCUT2D eigenvalue weighted by molar-refractivity contribution is 5.80. The molecule has 0 saturated heterocycles. The normalized spacial score (nSPS) is 10.7. The lowest BCUT2D eigenvalue weighted by Gasteiger charge is -2.11. The van der Waals surface area contributed by atoms with E-state index < -0.39 is 0 Å². The standard InChI is InChI=1S/C16H13N3O2/c1-10-14(11(2)21-18-10)9-19-8-12(7-17)16(20)13-5-3-4-6-15(13)19/h3-6,8H,9H2,1-2H3. The van der Waals surface area contributed by atoms with E-state index in [2.05, 4.69) is 5.16 Å². The average molecular weight is 279 g/mol. The predicted octanol–water partition coefficient (Wildman–Crippen LogP) is 2.53. The molecule has 0 spiro atoms. The molecule has 0 bridgehead atoms. The van der Waals surface area contributed by atoms with Gasteiger partial charge in [-0.1, -0.05) is 17.3 Å². The summed E-state index contributed by atoms with van der Waals surface area (Å²) in [6.07, 6.45) is 1.59. The number of pyridine rings is 1. The Morgan fingerprint density at radius 1 is 1.33 bits per heavy atom. The van der Waals surface area contributed by atoms with Gasteiger partial charge in [0.2, 0.25) is 5.43 Å². The quantitative estimate of drug-likeness (QED) is 0.722. The highest BCUT2D eigenvalue weighted by atomic mass is 16.5. The Balaban J connectivity index is 2.26. The molecule has 0 atom stereocenters. The van der Waals surface area contributed by atoms with Crippen LogP contribution in [-0.4, -0.2) is 9.72 Å². The second kappa shape index (κ2) is 4.91. The van der Waals surface area contributed by atoms with Crippen molar-refractivity contribution in [2.24, 2.45) is 0 Å². The van der Waals surface area contributed by atoms with Crippen molar-refractivity contribution in [2.45, 2.75) is 20.4 Å². The predicted molar refractivity (Wildman–Crippen MR) is 78.0 cm³/mol. The minimum atomic E-state index is -0.233. The molecular formula is C16H13N3O2. The van der Waals surface area contributed by atoms with Gasteiger partial charge in [0.1, 0.15) is 17.4 Å². The topological polar surface area (TPSA) is 71.8 Å². The summed E-state index contributed by atoms with van der Waals surface area (Å²) in [5, 5.41) is 13.6. The molecule has 1 aromatic carbocycles. The summed E-state index contributed by atoms with van der Waals surface area (Å²) in [5.41, 5.74) is 2.48. The third-order valence-corrected chi connectivity index (χ3v) is 3.62. The summed E-state index contributed by atoms with van der Waals surface area (Å²) in [5.74, 6) is 0.744. The van der Waals surface area contributed by atoms with Gasteiger partial charge in [-0.05, 0) is 26.0 Å². The molecule has 0 aliphatic rings. The molecule has 104 valence electrons. The Morgan fingerprint density at radius 2 is 2.10 bits per heavy atom. The van der Waals surface area contributed by atoms with Gasteiger partial charge in [-0.2, -0.15) is 5.26 Å². The zero-order valence-electron chi connectivity index (χ0n) is 11.8. The molecule has 0 aliphatic carbocycles. The van der Waals surface area contributed by atoms with Gasteiger partial charge in [0.25, 0.3) is 0 Å². The molecule has 2 heterocycles. The van der Waals surface area contributed by atoms with E-state index in [9.17, 15) is 4.79 Å². The Labute approximate surface area is 121 Å². The van der Waals surface area contributed by atoms with E-state index in [1.807, 2.05) is 36.6 Å². The first-order valence-electron chi connectivity index (χ1n) is 6.56. The zero-order chi connectivity index (χ0) is 15.0. The molecule has 5 heteroatoms. The lowest BCUT2D eigenvalue weighted by Crippen LogP contribution is -2.13. The van der Waals surface area contributed by atoms with E-state index in [1.165, 1.54) is 0 Å². The number of fused-ring (bicyclic) bond motifs is 1. The van der Waals surface area contributed by atoms with Crippen LogP contribution in [0.2, 0.25) is 0 Å². The number of rotatable bonds is 2. The molecule has 0 saturated carbocycles. The minimum Gasteiger partial charge on any atom is -0.361 e. The molecule has 0 amide bonds. The van der Waals surface area contributed by atoms with Crippen molar-refractivity contribution in [1.82, 2.24) is 9.72 Å². The number of benzene rings is 1. The van der Waals surface area contributed by atoms with Gasteiger partial charge in [-0.15, -0.1) is 0 Å². The first-order chi connectivity index (χ1) is 10.1. The van der Waals surface area contributed by atoms with Crippen LogP contribution in [0.1, 0.15) is 22.6 Å². The van der Waals surface area contributed by atoms with Gasteiger partial charge >= 0.3 is 0 Å². The molecule has 21 heavy (non-hydrogen) atoms. The molecule has 0 radical (unpaired) electrons. The third-order valence-electron chi connectivity index (χ3n) is 3.62. The maximum atomic E-state index is 12.2. The second-order valence-corrected chi connectivity index (χ2v) is 4.93. The lowest BCUT2D eigenvalue weighted by molar-refractivity contribution is 0.392. The summed E-state index contributed by atoms with van der Waals surface area (Å²) in [6.45, 7) is 4.24. The van der Waals surface area contributed by atoms with Crippen LogP contribution in [0.5, 0.6) is 0 Å². The first-order valence-corrected chi connectivity index (χ1v) is 6.56. The van der Waals surface area contributed by atoms with Gasteiger partial charge < -0.3 is 9.09 Å². The van der Waals surface area contributed by atoms with Crippen LogP contribution in [-0.2, 0) is 6.54 Å². The van der Waals surface area contributed by atoms with Crippen LogP contribution in [0.25, 0.3) is 10.9 Å². The number of para-hydroxylation sites is 1. The van der Waals surface area contributed by atoms with E-state index in [0.29, 0.717) is 11.9 Å².